The molecule has 2 aromatic carbocycles. The first-order valence-corrected chi connectivity index (χ1v) is 7.40. The first-order chi connectivity index (χ1) is 12.0. The summed E-state index contributed by atoms with van der Waals surface area (Å²) in [7, 11) is 0. The van der Waals surface area contributed by atoms with Crippen LogP contribution in [0.3, 0.4) is 0 Å². The van der Waals surface area contributed by atoms with Crippen molar-refractivity contribution in [3.8, 4) is 0 Å². The molecule has 1 aliphatic heterocycles. The van der Waals surface area contributed by atoms with Gasteiger partial charge in [0.2, 0.25) is 0 Å². The fraction of sp³-hybridized carbons (Fsp3) is 0.0526. The zero-order valence-electron chi connectivity index (χ0n) is 13.0. The van der Waals surface area contributed by atoms with Gasteiger partial charge >= 0.3 is 5.97 Å². The molecule has 6 heteroatoms. The summed E-state index contributed by atoms with van der Waals surface area (Å²) in [6.45, 7) is 3.58. The molecule has 25 heavy (non-hydrogen) atoms. The molecule has 0 saturated carbocycles. The molecule has 1 aliphatic rings. The van der Waals surface area contributed by atoms with Crippen molar-refractivity contribution in [2.24, 2.45) is 0 Å². The number of carbonyl (C=O) groups excluding carboxylic acids is 2. The third kappa shape index (κ3) is 3.47. The SMILES string of the molecule is C=C1OC(=O)C(CNC(=O)c2ccc(F)cc2)=C1c1ccc(F)cc1. The molecule has 1 N–H and O–H groups in total. The molecule has 0 atom stereocenters. The summed E-state index contributed by atoms with van der Waals surface area (Å²) >= 11 is 0. The zero-order chi connectivity index (χ0) is 18.0. The van der Waals surface area contributed by atoms with Gasteiger partial charge in [-0.1, -0.05) is 18.7 Å². The molecule has 0 aromatic heterocycles. The summed E-state index contributed by atoms with van der Waals surface area (Å²) in [4.78, 5) is 24.1. The summed E-state index contributed by atoms with van der Waals surface area (Å²) in [5.41, 5.74) is 1.45. The number of halogens is 2. The standard InChI is InChI=1S/C19H13F2NO3/c1-11-17(12-2-6-14(20)7-3-12)16(19(24)25-11)10-22-18(23)13-4-8-15(21)9-5-13/h2-9H,1,10H2,(H,22,23). The van der Waals surface area contributed by atoms with Gasteiger partial charge in [-0.25, -0.2) is 13.6 Å². The minimum Gasteiger partial charge on any atom is -0.423 e. The smallest absolute Gasteiger partial charge is 0.341 e. The Bertz CT molecular complexity index is 884. The monoisotopic (exact) mass is 341 g/mol. The summed E-state index contributed by atoms with van der Waals surface area (Å²) in [5, 5.41) is 2.59. The lowest BCUT2D eigenvalue weighted by Crippen LogP contribution is -2.27. The molecule has 0 fully saturated rings. The molecule has 0 saturated heterocycles. The van der Waals surface area contributed by atoms with E-state index >= 15 is 0 Å². The van der Waals surface area contributed by atoms with Crippen LogP contribution < -0.4 is 5.32 Å². The third-order valence-electron chi connectivity index (χ3n) is 3.71. The van der Waals surface area contributed by atoms with E-state index in [2.05, 4.69) is 11.9 Å². The van der Waals surface area contributed by atoms with Crippen molar-refractivity contribution in [1.29, 1.82) is 0 Å². The molecule has 1 amide bonds. The van der Waals surface area contributed by atoms with Crippen LogP contribution in [0.2, 0.25) is 0 Å². The fourth-order valence-electron chi connectivity index (χ4n) is 2.48. The van der Waals surface area contributed by atoms with Gasteiger partial charge in [0.1, 0.15) is 17.4 Å². The number of benzene rings is 2. The zero-order valence-corrected chi connectivity index (χ0v) is 13.0. The molecule has 1 heterocycles. The van der Waals surface area contributed by atoms with Crippen LogP contribution in [0.4, 0.5) is 8.78 Å². The largest absolute Gasteiger partial charge is 0.423 e. The lowest BCUT2D eigenvalue weighted by Gasteiger charge is -2.07. The van der Waals surface area contributed by atoms with Crippen molar-refractivity contribution < 1.29 is 23.1 Å². The topological polar surface area (TPSA) is 55.4 Å². The van der Waals surface area contributed by atoms with Gasteiger partial charge in [-0.2, -0.15) is 0 Å². The molecule has 0 unspecified atom stereocenters. The first kappa shape index (κ1) is 16.6. The maximum atomic E-state index is 13.1. The molecular weight excluding hydrogens is 328 g/mol. The molecule has 0 radical (unpaired) electrons. The average Bonchev–Trinajstić information content (AvgIpc) is 2.87. The van der Waals surface area contributed by atoms with Crippen molar-refractivity contribution in [3.63, 3.8) is 0 Å². The number of nitrogens with one attached hydrogen (secondary N) is 1. The van der Waals surface area contributed by atoms with E-state index < -0.39 is 23.5 Å². The highest BCUT2D eigenvalue weighted by Crippen LogP contribution is 2.33. The molecule has 3 rings (SSSR count). The van der Waals surface area contributed by atoms with E-state index in [1.54, 1.807) is 0 Å². The van der Waals surface area contributed by atoms with Crippen molar-refractivity contribution in [2.75, 3.05) is 6.54 Å². The van der Waals surface area contributed by atoms with Crippen molar-refractivity contribution >= 4 is 17.4 Å². The number of esters is 1. The highest BCUT2D eigenvalue weighted by atomic mass is 19.1. The van der Waals surface area contributed by atoms with Crippen LogP contribution in [-0.4, -0.2) is 18.4 Å². The highest BCUT2D eigenvalue weighted by molar-refractivity contribution is 6.07. The Labute approximate surface area is 142 Å². The first-order valence-electron chi connectivity index (χ1n) is 7.40. The van der Waals surface area contributed by atoms with Crippen LogP contribution in [0.1, 0.15) is 15.9 Å². The van der Waals surface area contributed by atoms with Gasteiger partial charge in [0.25, 0.3) is 5.91 Å². The van der Waals surface area contributed by atoms with E-state index in [0.29, 0.717) is 11.1 Å². The second-order valence-electron chi connectivity index (χ2n) is 5.36. The maximum absolute atomic E-state index is 13.1. The number of ether oxygens (including phenoxy) is 1. The molecule has 0 spiro atoms. The van der Waals surface area contributed by atoms with Crippen molar-refractivity contribution in [2.45, 2.75) is 0 Å². The average molecular weight is 341 g/mol. The van der Waals surface area contributed by atoms with Gasteiger partial charge in [-0.15, -0.1) is 0 Å². The van der Waals surface area contributed by atoms with Gasteiger partial charge in [-0.3, -0.25) is 4.79 Å². The van der Waals surface area contributed by atoms with Crippen LogP contribution in [0, 0.1) is 11.6 Å². The minimum absolute atomic E-state index is 0.0965. The molecule has 4 nitrogen and oxygen atoms in total. The molecule has 0 aliphatic carbocycles. The Morgan fingerprint density at radius 3 is 2.16 bits per heavy atom. The van der Waals surface area contributed by atoms with Crippen molar-refractivity contribution in [1.82, 2.24) is 5.32 Å². The lowest BCUT2D eigenvalue weighted by molar-refractivity contribution is -0.133. The summed E-state index contributed by atoms with van der Waals surface area (Å²) in [6.07, 6.45) is 0. The predicted molar refractivity (Wildman–Crippen MR) is 87.3 cm³/mol. The van der Waals surface area contributed by atoms with Crippen LogP contribution >= 0.6 is 0 Å². The van der Waals surface area contributed by atoms with Crippen LogP contribution in [0.5, 0.6) is 0 Å². The number of hydrogen-bond acceptors (Lipinski definition) is 3. The fourth-order valence-corrected chi connectivity index (χ4v) is 2.48. The third-order valence-corrected chi connectivity index (χ3v) is 3.71. The van der Waals surface area contributed by atoms with Crippen LogP contribution in [0.25, 0.3) is 5.57 Å². The van der Waals surface area contributed by atoms with Gasteiger partial charge < -0.3 is 10.1 Å². The minimum atomic E-state index is -0.622. The Kier molecular flexibility index (Phi) is 4.43. The lowest BCUT2D eigenvalue weighted by atomic mass is 10.00. The van der Waals surface area contributed by atoms with Gasteiger partial charge in [0.05, 0.1) is 12.1 Å². The Morgan fingerprint density at radius 1 is 1.00 bits per heavy atom. The maximum Gasteiger partial charge on any atom is 0.341 e. The predicted octanol–water partition coefficient (Wildman–Crippen LogP) is 3.22. The van der Waals surface area contributed by atoms with Gasteiger partial charge in [0.15, 0.2) is 0 Å². The molecular formula is C19H13F2NO3. The number of carbonyl (C=O) groups is 2. The summed E-state index contributed by atoms with van der Waals surface area (Å²) in [5.74, 6) is -1.80. The number of amides is 1. The normalized spacial score (nSPS) is 13.8. The van der Waals surface area contributed by atoms with E-state index in [0.717, 1.165) is 0 Å². The molecule has 0 bridgehead atoms. The van der Waals surface area contributed by atoms with Crippen LogP contribution in [-0.2, 0) is 9.53 Å². The quantitative estimate of drug-likeness (QED) is 0.869. The van der Waals surface area contributed by atoms with E-state index in [9.17, 15) is 18.4 Å². The Hall–Kier alpha value is -3.28. The van der Waals surface area contributed by atoms with Crippen LogP contribution in [0.15, 0.2) is 66.4 Å². The van der Waals surface area contributed by atoms with Crippen molar-refractivity contribution in [3.05, 3.63) is 89.2 Å². The summed E-state index contributed by atoms with van der Waals surface area (Å²) in [6, 6.07) is 10.5. The number of cyclic esters (lactones) is 1. The number of hydrogen-bond donors (Lipinski definition) is 1. The van der Waals surface area contributed by atoms with E-state index in [1.807, 2.05) is 0 Å². The second-order valence-corrected chi connectivity index (χ2v) is 5.36. The Morgan fingerprint density at radius 2 is 1.56 bits per heavy atom. The highest BCUT2D eigenvalue weighted by Gasteiger charge is 2.29. The van der Waals surface area contributed by atoms with Gasteiger partial charge in [0, 0.05) is 11.1 Å². The number of allylic oxidation sites excluding steroid dienone is 1. The van der Waals surface area contributed by atoms with E-state index in [4.69, 9.17) is 4.74 Å². The number of rotatable bonds is 4. The van der Waals surface area contributed by atoms with Gasteiger partial charge in [-0.05, 0) is 42.0 Å². The molecule has 126 valence electrons. The molecule has 2 aromatic rings. The van der Waals surface area contributed by atoms with E-state index in [-0.39, 0.29) is 23.4 Å². The Balaban J connectivity index is 1.83. The van der Waals surface area contributed by atoms with E-state index in [1.165, 1.54) is 48.5 Å². The summed E-state index contributed by atoms with van der Waals surface area (Å²) < 4.78 is 31.0. The second kappa shape index (κ2) is 6.68.